The van der Waals surface area contributed by atoms with Gasteiger partial charge in [-0.3, -0.25) is 0 Å². The fraction of sp³-hybridized carbons (Fsp3) is 0.375. The SMILES string of the molecule is CCc1nc(Br)cc(Oc2cccc3c2OC(C)(C)C3)n1. The second-order valence-corrected chi connectivity index (χ2v) is 6.50. The lowest BCUT2D eigenvalue weighted by Crippen LogP contribution is -2.24. The largest absolute Gasteiger partial charge is 0.483 e. The molecule has 1 aromatic carbocycles. The molecule has 0 saturated carbocycles. The Balaban J connectivity index is 1.94. The number of rotatable bonds is 3. The van der Waals surface area contributed by atoms with E-state index in [4.69, 9.17) is 9.47 Å². The van der Waals surface area contributed by atoms with E-state index in [-0.39, 0.29) is 5.60 Å². The maximum Gasteiger partial charge on any atom is 0.223 e. The van der Waals surface area contributed by atoms with Crippen molar-refractivity contribution in [2.75, 3.05) is 0 Å². The van der Waals surface area contributed by atoms with Crippen molar-refractivity contribution < 1.29 is 9.47 Å². The lowest BCUT2D eigenvalue weighted by molar-refractivity contribution is 0.135. The first-order valence-electron chi connectivity index (χ1n) is 6.99. The number of aromatic nitrogens is 2. The van der Waals surface area contributed by atoms with Crippen LogP contribution in [0.25, 0.3) is 0 Å². The predicted octanol–water partition coefficient (Wildman–Crippen LogP) is 4.31. The van der Waals surface area contributed by atoms with Gasteiger partial charge >= 0.3 is 0 Å². The van der Waals surface area contributed by atoms with Gasteiger partial charge in [-0.05, 0) is 35.8 Å². The molecule has 2 heterocycles. The molecule has 0 atom stereocenters. The number of nitrogens with zero attached hydrogens (tertiary/aromatic N) is 2. The molecule has 0 unspecified atom stereocenters. The number of ether oxygens (including phenoxy) is 2. The topological polar surface area (TPSA) is 44.2 Å². The summed E-state index contributed by atoms with van der Waals surface area (Å²) in [4.78, 5) is 8.67. The van der Waals surface area contributed by atoms with Gasteiger partial charge in [0.05, 0.1) is 0 Å². The van der Waals surface area contributed by atoms with Crippen LogP contribution in [0, 0.1) is 0 Å². The van der Waals surface area contributed by atoms with Gasteiger partial charge in [0.15, 0.2) is 11.5 Å². The molecule has 0 spiro atoms. The quantitative estimate of drug-likeness (QED) is 0.775. The summed E-state index contributed by atoms with van der Waals surface area (Å²) in [6.45, 7) is 6.16. The van der Waals surface area contributed by atoms with Crippen molar-refractivity contribution in [3.8, 4) is 17.4 Å². The molecule has 0 saturated heterocycles. The smallest absolute Gasteiger partial charge is 0.223 e. The van der Waals surface area contributed by atoms with E-state index < -0.39 is 0 Å². The molecular formula is C16H17BrN2O2. The lowest BCUT2D eigenvalue weighted by atomic mass is 10.0. The molecule has 0 N–H and O–H groups in total. The Morgan fingerprint density at radius 1 is 1.33 bits per heavy atom. The van der Waals surface area contributed by atoms with Gasteiger partial charge in [-0.25, -0.2) is 4.98 Å². The van der Waals surface area contributed by atoms with Gasteiger partial charge in [-0.2, -0.15) is 4.98 Å². The number of benzene rings is 1. The van der Waals surface area contributed by atoms with Gasteiger partial charge in [0.25, 0.3) is 0 Å². The van der Waals surface area contributed by atoms with E-state index in [1.165, 1.54) is 5.56 Å². The van der Waals surface area contributed by atoms with Crippen molar-refractivity contribution in [1.29, 1.82) is 0 Å². The van der Waals surface area contributed by atoms with Gasteiger partial charge < -0.3 is 9.47 Å². The van der Waals surface area contributed by atoms with Crippen molar-refractivity contribution in [3.63, 3.8) is 0 Å². The van der Waals surface area contributed by atoms with Crippen molar-refractivity contribution in [3.05, 3.63) is 40.3 Å². The molecular weight excluding hydrogens is 332 g/mol. The van der Waals surface area contributed by atoms with Crippen LogP contribution in [0.5, 0.6) is 17.4 Å². The van der Waals surface area contributed by atoms with Gasteiger partial charge in [0.1, 0.15) is 16.0 Å². The molecule has 0 radical (unpaired) electrons. The Bertz CT molecular complexity index is 686. The monoisotopic (exact) mass is 348 g/mol. The molecule has 1 aromatic heterocycles. The number of halogens is 1. The number of hydrogen-bond acceptors (Lipinski definition) is 4. The zero-order chi connectivity index (χ0) is 15.0. The Morgan fingerprint density at radius 3 is 2.90 bits per heavy atom. The summed E-state index contributed by atoms with van der Waals surface area (Å²) in [5, 5.41) is 0. The molecule has 0 fully saturated rings. The van der Waals surface area contributed by atoms with Crippen molar-refractivity contribution in [2.24, 2.45) is 0 Å². The van der Waals surface area contributed by atoms with Crippen LogP contribution >= 0.6 is 15.9 Å². The standard InChI is InChI=1S/C16H17BrN2O2/c1-4-13-18-12(17)8-14(19-13)20-11-7-5-6-10-9-16(2,3)21-15(10)11/h5-8H,4,9H2,1-3H3. The highest BCUT2D eigenvalue weighted by Gasteiger charge is 2.32. The van der Waals surface area contributed by atoms with Crippen molar-refractivity contribution >= 4 is 15.9 Å². The summed E-state index contributed by atoms with van der Waals surface area (Å²) in [7, 11) is 0. The fourth-order valence-electron chi connectivity index (χ4n) is 2.43. The highest BCUT2D eigenvalue weighted by molar-refractivity contribution is 9.10. The fourth-order valence-corrected chi connectivity index (χ4v) is 2.83. The second-order valence-electron chi connectivity index (χ2n) is 5.68. The summed E-state index contributed by atoms with van der Waals surface area (Å²) in [5.41, 5.74) is 0.976. The van der Waals surface area contributed by atoms with E-state index in [0.717, 1.165) is 29.0 Å². The van der Waals surface area contributed by atoms with Crippen molar-refractivity contribution in [1.82, 2.24) is 9.97 Å². The number of para-hydroxylation sites is 1. The van der Waals surface area contributed by atoms with E-state index in [0.29, 0.717) is 11.6 Å². The summed E-state index contributed by atoms with van der Waals surface area (Å²) >= 11 is 3.39. The van der Waals surface area contributed by atoms with Crippen LogP contribution < -0.4 is 9.47 Å². The molecule has 5 heteroatoms. The maximum absolute atomic E-state index is 6.00. The van der Waals surface area contributed by atoms with Crippen LogP contribution in [0.4, 0.5) is 0 Å². The Morgan fingerprint density at radius 2 is 2.14 bits per heavy atom. The van der Waals surface area contributed by atoms with Crippen LogP contribution in [-0.4, -0.2) is 15.6 Å². The second kappa shape index (κ2) is 5.30. The first-order valence-corrected chi connectivity index (χ1v) is 7.78. The van der Waals surface area contributed by atoms with Gasteiger partial charge in [-0.15, -0.1) is 0 Å². The zero-order valence-corrected chi connectivity index (χ0v) is 13.9. The van der Waals surface area contributed by atoms with Crippen LogP contribution in [0.3, 0.4) is 0 Å². The third-order valence-electron chi connectivity index (χ3n) is 3.30. The van der Waals surface area contributed by atoms with E-state index in [1.54, 1.807) is 6.07 Å². The van der Waals surface area contributed by atoms with Crippen LogP contribution in [0.1, 0.15) is 32.2 Å². The predicted molar refractivity (Wildman–Crippen MR) is 84.0 cm³/mol. The van der Waals surface area contributed by atoms with E-state index in [9.17, 15) is 0 Å². The van der Waals surface area contributed by atoms with E-state index in [1.807, 2.05) is 19.1 Å². The number of aryl methyl sites for hydroxylation is 1. The summed E-state index contributed by atoms with van der Waals surface area (Å²) in [6, 6.07) is 7.72. The highest BCUT2D eigenvalue weighted by Crippen LogP contribution is 2.43. The van der Waals surface area contributed by atoms with Crippen molar-refractivity contribution in [2.45, 2.75) is 39.2 Å². The Labute approximate surface area is 132 Å². The summed E-state index contributed by atoms with van der Waals surface area (Å²) < 4.78 is 12.7. The lowest BCUT2D eigenvalue weighted by Gasteiger charge is -2.18. The molecule has 1 aliphatic heterocycles. The van der Waals surface area contributed by atoms with Gasteiger partial charge in [0, 0.05) is 24.5 Å². The number of fused-ring (bicyclic) bond motifs is 1. The zero-order valence-electron chi connectivity index (χ0n) is 12.3. The third-order valence-corrected chi connectivity index (χ3v) is 3.71. The molecule has 0 amide bonds. The summed E-state index contributed by atoms with van der Waals surface area (Å²) in [5.74, 6) is 2.78. The minimum atomic E-state index is -0.192. The molecule has 4 nitrogen and oxygen atoms in total. The minimum Gasteiger partial charge on any atom is -0.483 e. The number of hydrogen-bond donors (Lipinski definition) is 0. The highest BCUT2D eigenvalue weighted by atomic mass is 79.9. The van der Waals surface area contributed by atoms with Gasteiger partial charge in [0.2, 0.25) is 5.88 Å². The molecule has 0 aliphatic carbocycles. The average Bonchev–Trinajstić information content (AvgIpc) is 2.73. The molecule has 110 valence electrons. The van der Waals surface area contributed by atoms with Crippen LogP contribution in [0.15, 0.2) is 28.9 Å². The van der Waals surface area contributed by atoms with Crippen LogP contribution in [0.2, 0.25) is 0 Å². The third kappa shape index (κ3) is 3.02. The molecule has 2 aromatic rings. The molecule has 21 heavy (non-hydrogen) atoms. The molecule has 0 bridgehead atoms. The normalized spacial score (nSPS) is 15.4. The van der Waals surface area contributed by atoms with E-state index in [2.05, 4.69) is 45.8 Å². The minimum absolute atomic E-state index is 0.192. The van der Waals surface area contributed by atoms with Crippen LogP contribution in [-0.2, 0) is 12.8 Å². The molecule has 3 rings (SSSR count). The van der Waals surface area contributed by atoms with E-state index >= 15 is 0 Å². The first-order chi connectivity index (χ1) is 9.97. The first kappa shape index (κ1) is 14.3. The van der Waals surface area contributed by atoms with Gasteiger partial charge in [-0.1, -0.05) is 19.1 Å². The molecule has 1 aliphatic rings. The summed E-state index contributed by atoms with van der Waals surface area (Å²) in [6.07, 6.45) is 1.64. The average molecular weight is 349 g/mol. The Kier molecular flexibility index (Phi) is 3.61. The Hall–Kier alpha value is -1.62. The maximum atomic E-state index is 6.00.